The van der Waals surface area contributed by atoms with E-state index in [1.165, 1.54) is 22.3 Å². The first-order chi connectivity index (χ1) is 26.2. The standard InChI is InChI=1S/C50H38N4/c1-49(2)39-14-6-10-18-43(39)53(44-19-11-7-15-40(44)49)47-31-38(35-26-28-36(52-5)29-27-35)48(30-37(47)34-24-22-33(32-51)23-25-34)54-45-20-12-8-16-41(45)50(3,4)42-17-9-13-21-46(42)54/h6-31H,1-4H3. The third-order valence-corrected chi connectivity index (χ3v) is 11.5. The van der Waals surface area contributed by atoms with Crippen LogP contribution in [0.4, 0.5) is 39.8 Å². The zero-order chi connectivity index (χ0) is 37.2. The highest BCUT2D eigenvalue weighted by Gasteiger charge is 2.40. The summed E-state index contributed by atoms with van der Waals surface area (Å²) in [5.74, 6) is 0. The van der Waals surface area contributed by atoms with Gasteiger partial charge in [-0.25, -0.2) is 4.85 Å². The van der Waals surface area contributed by atoms with Crippen molar-refractivity contribution in [3.05, 3.63) is 197 Å². The predicted molar refractivity (Wildman–Crippen MR) is 222 cm³/mol. The molecule has 0 unspecified atom stereocenters. The first-order valence-electron chi connectivity index (χ1n) is 18.4. The number of anilines is 6. The highest BCUT2D eigenvalue weighted by atomic mass is 15.2. The van der Waals surface area contributed by atoms with Crippen molar-refractivity contribution in [1.29, 1.82) is 5.26 Å². The number of nitriles is 1. The maximum Gasteiger partial charge on any atom is 0.187 e. The van der Waals surface area contributed by atoms with Gasteiger partial charge < -0.3 is 9.80 Å². The smallest absolute Gasteiger partial charge is 0.187 e. The molecule has 4 nitrogen and oxygen atoms in total. The van der Waals surface area contributed by atoms with Crippen LogP contribution in [0.5, 0.6) is 0 Å². The van der Waals surface area contributed by atoms with Crippen LogP contribution in [0.2, 0.25) is 0 Å². The average Bonchev–Trinajstić information content (AvgIpc) is 3.21. The van der Waals surface area contributed by atoms with E-state index < -0.39 is 0 Å². The van der Waals surface area contributed by atoms with Gasteiger partial charge in [0, 0.05) is 22.0 Å². The summed E-state index contributed by atoms with van der Waals surface area (Å²) in [6.07, 6.45) is 0. The zero-order valence-electron chi connectivity index (χ0n) is 30.8. The second kappa shape index (κ2) is 12.4. The van der Waals surface area contributed by atoms with E-state index in [2.05, 4.69) is 182 Å². The minimum Gasteiger partial charge on any atom is -0.309 e. The number of nitrogens with zero attached hydrogens (tertiary/aromatic N) is 4. The molecule has 2 heterocycles. The third-order valence-electron chi connectivity index (χ3n) is 11.5. The van der Waals surface area contributed by atoms with Gasteiger partial charge in [0.05, 0.1) is 52.3 Å². The van der Waals surface area contributed by atoms with Gasteiger partial charge in [-0.2, -0.15) is 5.26 Å². The van der Waals surface area contributed by atoms with Crippen LogP contribution in [0.3, 0.4) is 0 Å². The van der Waals surface area contributed by atoms with E-state index in [0.717, 1.165) is 56.4 Å². The SMILES string of the molecule is [C-]#[N+]c1ccc(-c2cc(N3c4ccccc4C(C)(C)c4ccccc43)c(-c3ccc(C#N)cc3)cc2N2c3ccccc3C(C)(C)c3ccccc32)cc1. The lowest BCUT2D eigenvalue weighted by Gasteiger charge is -2.44. The van der Waals surface area contributed by atoms with Crippen LogP contribution in [0, 0.1) is 17.9 Å². The Kier molecular flexibility index (Phi) is 7.56. The summed E-state index contributed by atoms with van der Waals surface area (Å²) in [5, 5.41) is 9.78. The summed E-state index contributed by atoms with van der Waals surface area (Å²) < 4.78 is 0. The molecular formula is C50H38N4. The maximum absolute atomic E-state index is 9.78. The lowest BCUT2D eigenvalue weighted by molar-refractivity contribution is 0.631. The Hall–Kier alpha value is -6.88. The molecule has 0 aromatic heterocycles. The number of fused-ring (bicyclic) bond motifs is 4. The van der Waals surface area contributed by atoms with Gasteiger partial charge in [0.15, 0.2) is 5.69 Å². The van der Waals surface area contributed by atoms with E-state index in [4.69, 9.17) is 6.57 Å². The highest BCUT2D eigenvalue weighted by Crippen LogP contribution is 2.58. The van der Waals surface area contributed by atoms with Crippen molar-refractivity contribution in [2.45, 2.75) is 38.5 Å². The van der Waals surface area contributed by atoms with E-state index >= 15 is 0 Å². The predicted octanol–water partition coefficient (Wildman–Crippen LogP) is 13.7. The molecule has 9 rings (SSSR count). The van der Waals surface area contributed by atoms with Gasteiger partial charge in [0.25, 0.3) is 0 Å². The quantitative estimate of drug-likeness (QED) is 0.172. The second-order valence-corrected chi connectivity index (χ2v) is 15.2. The summed E-state index contributed by atoms with van der Waals surface area (Å²) in [6.45, 7) is 16.9. The van der Waals surface area contributed by atoms with Gasteiger partial charge in [0.1, 0.15) is 0 Å². The Morgan fingerprint density at radius 3 is 1.13 bits per heavy atom. The van der Waals surface area contributed by atoms with Crippen LogP contribution >= 0.6 is 0 Å². The van der Waals surface area contributed by atoms with Gasteiger partial charge in [-0.1, -0.05) is 137 Å². The zero-order valence-corrected chi connectivity index (χ0v) is 30.8. The Balaban J connectivity index is 1.42. The molecule has 54 heavy (non-hydrogen) atoms. The Morgan fingerprint density at radius 2 is 0.796 bits per heavy atom. The second-order valence-electron chi connectivity index (χ2n) is 15.2. The van der Waals surface area contributed by atoms with Crippen molar-refractivity contribution in [2.75, 3.05) is 9.80 Å². The van der Waals surface area contributed by atoms with Crippen LogP contribution in [-0.2, 0) is 10.8 Å². The summed E-state index contributed by atoms with van der Waals surface area (Å²) >= 11 is 0. The Bertz CT molecular complexity index is 2400. The first-order valence-corrected chi connectivity index (χ1v) is 18.4. The van der Waals surface area contributed by atoms with E-state index in [-0.39, 0.29) is 10.8 Å². The van der Waals surface area contributed by atoms with Crippen molar-refractivity contribution in [3.8, 4) is 28.3 Å². The molecule has 0 saturated heterocycles. The minimum absolute atomic E-state index is 0.217. The molecule has 0 atom stereocenters. The normalized spacial score (nSPS) is 14.5. The van der Waals surface area contributed by atoms with Crippen LogP contribution in [0.15, 0.2) is 158 Å². The highest BCUT2D eigenvalue weighted by molar-refractivity contribution is 6.01. The number of para-hydroxylation sites is 4. The summed E-state index contributed by atoms with van der Waals surface area (Å²) in [5.41, 5.74) is 16.5. The van der Waals surface area contributed by atoms with E-state index in [0.29, 0.717) is 11.3 Å². The number of benzene rings is 7. The van der Waals surface area contributed by atoms with Crippen LogP contribution < -0.4 is 9.80 Å². The van der Waals surface area contributed by atoms with Crippen LogP contribution in [0.1, 0.15) is 55.5 Å². The molecule has 0 fully saturated rings. The van der Waals surface area contributed by atoms with Crippen molar-refractivity contribution in [2.24, 2.45) is 0 Å². The molecule has 7 aromatic carbocycles. The first kappa shape index (κ1) is 33.0. The Morgan fingerprint density at radius 1 is 0.463 bits per heavy atom. The van der Waals surface area contributed by atoms with Gasteiger partial charge in [-0.15, -0.1) is 0 Å². The van der Waals surface area contributed by atoms with E-state index in [1.807, 2.05) is 24.3 Å². The number of hydrogen-bond donors (Lipinski definition) is 0. The third kappa shape index (κ3) is 4.96. The molecule has 2 aliphatic rings. The van der Waals surface area contributed by atoms with Crippen LogP contribution in [0.25, 0.3) is 27.1 Å². The van der Waals surface area contributed by atoms with E-state index in [1.54, 1.807) is 0 Å². The molecule has 258 valence electrons. The molecule has 0 radical (unpaired) electrons. The fourth-order valence-electron chi connectivity index (χ4n) is 8.71. The lowest BCUT2D eigenvalue weighted by Crippen LogP contribution is -2.31. The topological polar surface area (TPSA) is 34.6 Å². The average molecular weight is 695 g/mol. The van der Waals surface area contributed by atoms with Gasteiger partial charge in [0.2, 0.25) is 0 Å². The summed E-state index contributed by atoms with van der Waals surface area (Å²) in [7, 11) is 0. The largest absolute Gasteiger partial charge is 0.309 e. The van der Waals surface area contributed by atoms with Gasteiger partial charge >= 0.3 is 0 Å². The lowest BCUT2D eigenvalue weighted by atomic mass is 9.73. The van der Waals surface area contributed by atoms with E-state index in [9.17, 15) is 5.26 Å². The molecule has 0 saturated carbocycles. The van der Waals surface area contributed by atoms with Gasteiger partial charge in [-0.05, 0) is 81.9 Å². The molecule has 2 aliphatic heterocycles. The minimum atomic E-state index is -0.218. The number of hydrogen-bond acceptors (Lipinski definition) is 3. The van der Waals surface area contributed by atoms with Crippen molar-refractivity contribution in [1.82, 2.24) is 0 Å². The van der Waals surface area contributed by atoms with Gasteiger partial charge in [-0.3, -0.25) is 0 Å². The number of rotatable bonds is 4. The molecular weight excluding hydrogens is 657 g/mol. The summed E-state index contributed by atoms with van der Waals surface area (Å²) in [6, 6.07) is 57.9. The molecule has 4 heteroatoms. The summed E-state index contributed by atoms with van der Waals surface area (Å²) in [4.78, 5) is 8.57. The Labute approximate surface area is 317 Å². The van der Waals surface area contributed by atoms with Crippen molar-refractivity contribution < 1.29 is 0 Å². The molecule has 7 aromatic rings. The molecule has 0 amide bonds. The molecule has 0 spiro atoms. The maximum atomic E-state index is 9.78. The van der Waals surface area contributed by atoms with Crippen molar-refractivity contribution >= 4 is 39.8 Å². The van der Waals surface area contributed by atoms with Crippen molar-refractivity contribution in [3.63, 3.8) is 0 Å². The molecule has 0 bridgehead atoms. The monoisotopic (exact) mass is 694 g/mol. The fourth-order valence-corrected chi connectivity index (χ4v) is 8.71. The fraction of sp³-hybridized carbons (Fsp3) is 0.120. The van der Waals surface area contributed by atoms with Crippen LogP contribution in [-0.4, -0.2) is 0 Å². The molecule has 0 N–H and O–H groups in total. The molecule has 0 aliphatic carbocycles.